The first kappa shape index (κ1) is 18.2. The summed E-state index contributed by atoms with van der Waals surface area (Å²) in [4.78, 5) is 22.5. The molecule has 1 heterocycles. The molecule has 11 heteroatoms. The smallest absolute Gasteiger partial charge is 0.292 e. The third kappa shape index (κ3) is 4.33. The van der Waals surface area contributed by atoms with Gasteiger partial charge in [0.2, 0.25) is 5.16 Å². The zero-order valence-electron chi connectivity index (χ0n) is 14.0. The van der Waals surface area contributed by atoms with Gasteiger partial charge in [0.25, 0.3) is 5.69 Å². The molecule has 2 aromatic carbocycles. The minimum Gasteiger partial charge on any atom is -0.292 e. The summed E-state index contributed by atoms with van der Waals surface area (Å²) in [5.41, 5.74) is 3.32. The first-order valence-electron chi connectivity index (χ1n) is 7.66. The summed E-state index contributed by atoms with van der Waals surface area (Å²) in [6.45, 7) is 1.34. The monoisotopic (exact) mass is 383 g/mol. The van der Waals surface area contributed by atoms with Crippen LogP contribution < -0.4 is 5.43 Å². The summed E-state index contributed by atoms with van der Waals surface area (Å²) in [5, 5.41) is 26.9. The molecular formula is C16H13N7O3S. The number of nitrogens with one attached hydrogen (secondary N) is 1. The topological polar surface area (TPSA) is 128 Å². The van der Waals surface area contributed by atoms with Crippen molar-refractivity contribution in [2.24, 2.45) is 5.10 Å². The molecule has 0 bridgehead atoms. The number of rotatable bonds is 6. The van der Waals surface area contributed by atoms with Gasteiger partial charge in [-0.1, -0.05) is 30.3 Å². The minimum atomic E-state index is -0.533. The van der Waals surface area contributed by atoms with Crippen LogP contribution in [-0.2, 0) is 4.79 Å². The van der Waals surface area contributed by atoms with E-state index < -0.39 is 4.92 Å². The van der Waals surface area contributed by atoms with Gasteiger partial charge in [-0.15, -0.1) is 5.10 Å². The van der Waals surface area contributed by atoms with Crippen molar-refractivity contribution < 1.29 is 9.72 Å². The van der Waals surface area contributed by atoms with E-state index in [1.54, 1.807) is 12.1 Å². The Kier molecular flexibility index (Phi) is 5.52. The predicted molar refractivity (Wildman–Crippen MR) is 99.8 cm³/mol. The molecule has 1 N–H and O–H groups in total. The third-order valence-corrected chi connectivity index (χ3v) is 4.32. The van der Waals surface area contributed by atoms with E-state index in [1.165, 1.54) is 23.7 Å². The van der Waals surface area contributed by atoms with Crippen LogP contribution in [0.15, 0.2) is 64.9 Å². The predicted octanol–water partition coefficient (Wildman–Crippen LogP) is 2.68. The Morgan fingerprint density at radius 1 is 1.19 bits per heavy atom. The van der Waals surface area contributed by atoms with Gasteiger partial charge >= 0.3 is 0 Å². The zero-order valence-corrected chi connectivity index (χ0v) is 14.8. The molecule has 0 amide bonds. The normalized spacial score (nSPS) is 11.2. The Bertz CT molecular complexity index is 1000. The van der Waals surface area contributed by atoms with Crippen molar-refractivity contribution in [2.75, 3.05) is 5.43 Å². The van der Waals surface area contributed by atoms with E-state index in [-0.39, 0.29) is 22.2 Å². The zero-order chi connectivity index (χ0) is 19.2. The van der Waals surface area contributed by atoms with E-state index >= 15 is 0 Å². The van der Waals surface area contributed by atoms with Crippen molar-refractivity contribution in [1.29, 1.82) is 0 Å². The molecule has 27 heavy (non-hydrogen) atoms. The van der Waals surface area contributed by atoms with E-state index in [0.717, 1.165) is 17.4 Å². The fraction of sp³-hybridized carbons (Fsp3) is 0.0625. The highest BCUT2D eigenvalue weighted by molar-refractivity contribution is 8.15. The summed E-state index contributed by atoms with van der Waals surface area (Å²) in [5.74, 6) is -0.339. The summed E-state index contributed by atoms with van der Waals surface area (Å²) in [7, 11) is 0. The van der Waals surface area contributed by atoms with Crippen LogP contribution in [0.25, 0.3) is 5.69 Å². The number of benzene rings is 2. The number of nitro groups is 1. The molecule has 0 atom stereocenters. The summed E-state index contributed by atoms with van der Waals surface area (Å²) < 4.78 is 1.47. The Morgan fingerprint density at radius 2 is 1.89 bits per heavy atom. The third-order valence-electron chi connectivity index (χ3n) is 3.31. The number of thioether (sulfide) groups is 1. The van der Waals surface area contributed by atoms with Gasteiger partial charge in [0.15, 0.2) is 10.8 Å². The number of aromatic nitrogens is 4. The molecule has 0 fully saturated rings. The lowest BCUT2D eigenvalue weighted by Gasteiger charge is -2.06. The van der Waals surface area contributed by atoms with Gasteiger partial charge in [-0.05, 0) is 40.4 Å². The van der Waals surface area contributed by atoms with Crippen LogP contribution in [0, 0.1) is 10.1 Å². The number of hydrogen-bond donors (Lipinski definition) is 1. The van der Waals surface area contributed by atoms with Gasteiger partial charge in [0.05, 0.1) is 10.6 Å². The molecule has 3 aromatic rings. The van der Waals surface area contributed by atoms with Crippen LogP contribution >= 0.6 is 11.8 Å². The van der Waals surface area contributed by atoms with Gasteiger partial charge in [0.1, 0.15) is 5.69 Å². The number of tetrazole rings is 1. The maximum absolute atomic E-state index is 12.0. The standard InChI is InChI=1S/C16H13N7O3S/c1-11(24)15(18-17-13-9-5-6-10-14(13)23(25)26)27-16-19-20-21-22(16)12-7-3-2-4-8-12/h2-10,17H,1H3/b18-15+. The molecular weight excluding hydrogens is 370 g/mol. The largest absolute Gasteiger partial charge is 0.294 e. The quantitative estimate of drug-likeness (QED) is 0.226. The fourth-order valence-electron chi connectivity index (χ4n) is 2.07. The summed E-state index contributed by atoms with van der Waals surface area (Å²) in [6.07, 6.45) is 0. The SMILES string of the molecule is CC(=O)/C(=N\Nc1ccccc1[N+](=O)[O-])Sc1nnnn1-c1ccccc1. The average Bonchev–Trinajstić information content (AvgIpc) is 3.14. The maximum atomic E-state index is 12.0. The molecule has 0 saturated heterocycles. The Balaban J connectivity index is 1.86. The lowest BCUT2D eigenvalue weighted by Crippen LogP contribution is -2.10. The lowest BCUT2D eigenvalue weighted by atomic mass is 10.3. The number of carbonyl (C=O) groups excluding carboxylic acids is 1. The second-order valence-corrected chi connectivity index (χ2v) is 6.13. The number of nitro benzene ring substituents is 1. The molecule has 0 spiro atoms. The molecule has 1 aromatic heterocycles. The number of hydrazone groups is 1. The number of Topliss-reactive ketones (excluding diaryl/α,β-unsaturated/α-hetero) is 1. The van der Waals surface area contributed by atoms with Gasteiger partial charge in [-0.25, -0.2) is 0 Å². The van der Waals surface area contributed by atoms with E-state index in [2.05, 4.69) is 26.1 Å². The molecule has 0 aliphatic rings. The molecule has 0 aliphatic heterocycles. The van der Waals surface area contributed by atoms with Crippen molar-refractivity contribution in [3.8, 4) is 5.69 Å². The number of ketones is 1. The highest BCUT2D eigenvalue weighted by Gasteiger charge is 2.17. The number of para-hydroxylation sites is 3. The van der Waals surface area contributed by atoms with Crippen LogP contribution in [-0.4, -0.2) is 36.0 Å². The molecule has 136 valence electrons. The molecule has 0 aliphatic carbocycles. The van der Waals surface area contributed by atoms with Gasteiger partial charge in [-0.3, -0.25) is 20.3 Å². The summed E-state index contributed by atoms with van der Waals surface area (Å²) in [6, 6.07) is 15.2. The van der Waals surface area contributed by atoms with Crippen LogP contribution in [0.4, 0.5) is 11.4 Å². The van der Waals surface area contributed by atoms with Crippen molar-refractivity contribution in [3.63, 3.8) is 0 Å². The Hall–Kier alpha value is -3.60. The van der Waals surface area contributed by atoms with E-state index in [1.807, 2.05) is 30.3 Å². The average molecular weight is 383 g/mol. The van der Waals surface area contributed by atoms with Gasteiger partial charge in [-0.2, -0.15) is 9.78 Å². The summed E-state index contributed by atoms with van der Waals surface area (Å²) >= 11 is 0.953. The van der Waals surface area contributed by atoms with E-state index in [0.29, 0.717) is 5.16 Å². The van der Waals surface area contributed by atoms with Crippen molar-refractivity contribution in [3.05, 3.63) is 64.7 Å². The highest BCUT2D eigenvalue weighted by Crippen LogP contribution is 2.24. The fourth-order valence-corrected chi connectivity index (χ4v) is 2.79. The maximum Gasteiger partial charge on any atom is 0.294 e. The second-order valence-electron chi connectivity index (χ2n) is 5.17. The second kappa shape index (κ2) is 8.19. The number of anilines is 1. The van der Waals surface area contributed by atoms with Crippen LogP contribution in [0.3, 0.4) is 0 Å². The number of hydrogen-bond acceptors (Lipinski definition) is 9. The first-order chi connectivity index (χ1) is 13.1. The van der Waals surface area contributed by atoms with Gasteiger partial charge < -0.3 is 0 Å². The number of nitrogens with zero attached hydrogens (tertiary/aromatic N) is 6. The van der Waals surface area contributed by atoms with Crippen molar-refractivity contribution >= 4 is 34.0 Å². The molecule has 0 unspecified atom stereocenters. The van der Waals surface area contributed by atoms with Gasteiger partial charge in [0, 0.05) is 13.0 Å². The van der Waals surface area contributed by atoms with E-state index in [9.17, 15) is 14.9 Å². The lowest BCUT2D eigenvalue weighted by molar-refractivity contribution is -0.384. The van der Waals surface area contributed by atoms with Crippen LogP contribution in [0.5, 0.6) is 0 Å². The molecule has 10 nitrogen and oxygen atoms in total. The van der Waals surface area contributed by atoms with E-state index in [4.69, 9.17) is 0 Å². The van der Waals surface area contributed by atoms with Crippen LogP contribution in [0.2, 0.25) is 0 Å². The molecule has 3 rings (SSSR count). The Labute approximate surface area is 157 Å². The minimum absolute atomic E-state index is 0.0557. The number of carbonyl (C=O) groups is 1. The van der Waals surface area contributed by atoms with Crippen LogP contribution in [0.1, 0.15) is 6.92 Å². The highest BCUT2D eigenvalue weighted by atomic mass is 32.2. The van der Waals surface area contributed by atoms with Crippen molar-refractivity contribution in [2.45, 2.75) is 12.1 Å². The first-order valence-corrected chi connectivity index (χ1v) is 8.47. The Morgan fingerprint density at radius 3 is 2.59 bits per heavy atom. The molecule has 0 saturated carbocycles. The van der Waals surface area contributed by atoms with Crippen molar-refractivity contribution in [1.82, 2.24) is 20.2 Å². The molecule has 0 radical (unpaired) electrons.